The topological polar surface area (TPSA) is 109 Å². The molecule has 0 aromatic heterocycles. The number of hydrogen-bond acceptors (Lipinski definition) is 5. The van der Waals surface area contributed by atoms with Gasteiger partial charge in [-0.15, -0.1) is 0 Å². The summed E-state index contributed by atoms with van der Waals surface area (Å²) < 4.78 is 10.8. The second-order valence-electron chi connectivity index (χ2n) is 5.46. The van der Waals surface area contributed by atoms with Crippen molar-refractivity contribution in [3.8, 4) is 17.6 Å². The van der Waals surface area contributed by atoms with Crippen LogP contribution in [0.4, 0.5) is 5.69 Å². The lowest BCUT2D eigenvalue weighted by atomic mass is 10.1. The molecule has 0 fully saturated rings. The Bertz CT molecular complexity index is 1030. The van der Waals surface area contributed by atoms with Crippen molar-refractivity contribution < 1.29 is 24.2 Å². The average Bonchev–Trinajstić information content (AvgIpc) is 2.68. The highest BCUT2D eigenvalue weighted by molar-refractivity contribution is 9.10. The van der Waals surface area contributed by atoms with Gasteiger partial charge in [-0.3, -0.25) is 4.79 Å². The van der Waals surface area contributed by atoms with E-state index in [1.165, 1.54) is 37.5 Å². The predicted octanol–water partition coefficient (Wildman–Crippen LogP) is 4.77. The number of carbonyl (C=O) groups excluding carboxylic acids is 1. The fraction of sp³-hybridized carbons (Fsp3) is 0.105. The fourth-order valence-electron chi connectivity index (χ4n) is 2.15. The van der Waals surface area contributed by atoms with Crippen LogP contribution >= 0.6 is 39.1 Å². The standard InChI is InChI=1S/C19H13BrCl2N2O5/c1-28-16-5-10(13(20)7-17(16)29-9-18(25)26)4-11(8-23)19(27)24-12-2-3-14(21)15(22)6-12/h2-7H,9H2,1H3,(H,24,27)(H,25,26)/b11-4+. The molecular formula is C19H13BrCl2N2O5. The van der Waals surface area contributed by atoms with Crippen LogP contribution < -0.4 is 14.8 Å². The molecule has 0 spiro atoms. The van der Waals surface area contributed by atoms with Crippen LogP contribution in [0.5, 0.6) is 11.5 Å². The van der Waals surface area contributed by atoms with Gasteiger partial charge in [-0.05, 0) is 42.0 Å². The Morgan fingerprint density at radius 3 is 2.55 bits per heavy atom. The maximum Gasteiger partial charge on any atom is 0.341 e. The van der Waals surface area contributed by atoms with Crippen LogP contribution in [0.2, 0.25) is 10.0 Å². The Morgan fingerprint density at radius 2 is 1.97 bits per heavy atom. The SMILES string of the molecule is COc1cc(/C=C(\C#N)C(=O)Nc2ccc(Cl)c(Cl)c2)c(Br)cc1OCC(=O)O. The molecule has 0 heterocycles. The Morgan fingerprint density at radius 1 is 1.24 bits per heavy atom. The molecule has 2 rings (SSSR count). The van der Waals surface area contributed by atoms with E-state index >= 15 is 0 Å². The molecule has 0 aliphatic heterocycles. The van der Waals surface area contributed by atoms with Crippen LogP contribution in [0.25, 0.3) is 6.08 Å². The van der Waals surface area contributed by atoms with Gasteiger partial charge in [0.2, 0.25) is 0 Å². The van der Waals surface area contributed by atoms with Crippen LogP contribution in [-0.2, 0) is 9.59 Å². The van der Waals surface area contributed by atoms with Gasteiger partial charge in [-0.1, -0.05) is 39.1 Å². The van der Waals surface area contributed by atoms with Crippen LogP contribution in [0.15, 0.2) is 40.4 Å². The van der Waals surface area contributed by atoms with Gasteiger partial charge in [0.15, 0.2) is 18.1 Å². The monoisotopic (exact) mass is 498 g/mol. The first kappa shape index (κ1) is 22.6. The van der Waals surface area contributed by atoms with E-state index in [-0.39, 0.29) is 22.1 Å². The summed E-state index contributed by atoms with van der Waals surface area (Å²) in [5.41, 5.74) is 0.642. The van der Waals surface area contributed by atoms with Gasteiger partial charge in [0.1, 0.15) is 11.6 Å². The lowest BCUT2D eigenvalue weighted by Crippen LogP contribution is -2.13. The lowest BCUT2D eigenvalue weighted by molar-refractivity contribution is -0.139. The predicted molar refractivity (Wildman–Crippen MR) is 113 cm³/mol. The first-order valence-electron chi connectivity index (χ1n) is 7.85. The zero-order valence-corrected chi connectivity index (χ0v) is 17.9. The number of carbonyl (C=O) groups is 2. The van der Waals surface area contributed by atoms with E-state index in [1.807, 2.05) is 6.07 Å². The number of nitrogens with one attached hydrogen (secondary N) is 1. The number of amides is 1. The first-order valence-corrected chi connectivity index (χ1v) is 9.40. The molecule has 7 nitrogen and oxygen atoms in total. The summed E-state index contributed by atoms with van der Waals surface area (Å²) in [6.07, 6.45) is 1.35. The zero-order chi connectivity index (χ0) is 21.6. The summed E-state index contributed by atoms with van der Waals surface area (Å²) in [6.45, 7) is -0.548. The molecule has 0 bridgehead atoms. The molecule has 150 valence electrons. The summed E-state index contributed by atoms with van der Waals surface area (Å²) in [7, 11) is 1.38. The summed E-state index contributed by atoms with van der Waals surface area (Å²) in [4.78, 5) is 23.1. The maximum absolute atomic E-state index is 12.4. The summed E-state index contributed by atoms with van der Waals surface area (Å²) >= 11 is 15.1. The first-order chi connectivity index (χ1) is 13.7. The molecule has 0 saturated heterocycles. The third-order valence-electron chi connectivity index (χ3n) is 3.48. The number of carboxylic acids is 1. The quantitative estimate of drug-likeness (QED) is 0.419. The lowest BCUT2D eigenvalue weighted by Gasteiger charge is -2.12. The van der Waals surface area contributed by atoms with Crippen molar-refractivity contribution in [3.05, 3.63) is 56.0 Å². The van der Waals surface area contributed by atoms with Crippen LogP contribution in [0.1, 0.15) is 5.56 Å². The molecule has 0 saturated carbocycles. The maximum atomic E-state index is 12.4. The van der Waals surface area contributed by atoms with Crippen molar-refractivity contribution in [1.82, 2.24) is 0 Å². The molecule has 2 N–H and O–H groups in total. The van der Waals surface area contributed by atoms with Gasteiger partial charge >= 0.3 is 5.97 Å². The third-order valence-corrected chi connectivity index (χ3v) is 4.90. The molecule has 2 aromatic carbocycles. The Balaban J connectivity index is 2.31. The van der Waals surface area contributed by atoms with Gasteiger partial charge in [-0.2, -0.15) is 5.26 Å². The minimum atomic E-state index is -1.14. The van der Waals surface area contributed by atoms with Crippen LogP contribution in [0.3, 0.4) is 0 Å². The molecule has 0 aliphatic rings. The molecule has 0 unspecified atom stereocenters. The number of rotatable bonds is 7. The van der Waals surface area contributed by atoms with Crippen LogP contribution in [-0.4, -0.2) is 30.7 Å². The molecule has 0 atom stereocenters. The minimum absolute atomic E-state index is 0.182. The van der Waals surface area contributed by atoms with Gasteiger partial charge < -0.3 is 19.9 Å². The molecular weight excluding hydrogens is 487 g/mol. The molecule has 2 aromatic rings. The van der Waals surface area contributed by atoms with Crippen LogP contribution in [0, 0.1) is 11.3 Å². The number of aliphatic carboxylic acids is 1. The minimum Gasteiger partial charge on any atom is -0.493 e. The smallest absolute Gasteiger partial charge is 0.341 e. The normalized spacial score (nSPS) is 10.8. The van der Waals surface area contributed by atoms with Gasteiger partial charge in [0, 0.05) is 10.2 Å². The highest BCUT2D eigenvalue weighted by Gasteiger charge is 2.15. The Kier molecular flexibility index (Phi) is 7.91. The highest BCUT2D eigenvalue weighted by Crippen LogP contribution is 2.35. The van der Waals surface area contributed by atoms with E-state index in [1.54, 1.807) is 6.07 Å². The van der Waals surface area contributed by atoms with E-state index in [0.29, 0.717) is 20.7 Å². The molecule has 10 heteroatoms. The number of nitriles is 1. The number of benzene rings is 2. The molecule has 29 heavy (non-hydrogen) atoms. The van der Waals surface area contributed by atoms with Gasteiger partial charge in [0.25, 0.3) is 5.91 Å². The van der Waals surface area contributed by atoms with Gasteiger partial charge in [0.05, 0.1) is 17.2 Å². The zero-order valence-electron chi connectivity index (χ0n) is 14.8. The molecule has 0 radical (unpaired) electrons. The summed E-state index contributed by atoms with van der Waals surface area (Å²) in [5, 5.41) is 21.3. The number of carboxylic acid groups (broad SMARTS) is 1. The number of anilines is 1. The molecule has 0 aliphatic carbocycles. The average molecular weight is 500 g/mol. The van der Waals surface area contributed by atoms with Crippen molar-refractivity contribution in [3.63, 3.8) is 0 Å². The number of halogens is 3. The fourth-order valence-corrected chi connectivity index (χ4v) is 2.88. The number of hydrogen-bond donors (Lipinski definition) is 2. The van der Waals surface area contributed by atoms with Gasteiger partial charge in [-0.25, -0.2) is 4.79 Å². The second-order valence-corrected chi connectivity index (χ2v) is 7.13. The van der Waals surface area contributed by atoms with Crippen molar-refractivity contribution in [1.29, 1.82) is 5.26 Å². The van der Waals surface area contributed by atoms with E-state index < -0.39 is 18.5 Å². The van der Waals surface area contributed by atoms with Crippen molar-refractivity contribution in [2.24, 2.45) is 0 Å². The number of nitrogens with zero attached hydrogens (tertiary/aromatic N) is 1. The number of ether oxygens (including phenoxy) is 2. The van der Waals surface area contributed by atoms with Crippen molar-refractivity contribution >= 4 is 62.8 Å². The summed E-state index contributed by atoms with van der Waals surface area (Å²) in [6, 6.07) is 9.36. The highest BCUT2D eigenvalue weighted by atomic mass is 79.9. The van der Waals surface area contributed by atoms with E-state index in [9.17, 15) is 14.9 Å². The number of methoxy groups -OCH3 is 1. The Hall–Kier alpha value is -2.73. The van der Waals surface area contributed by atoms with Crippen molar-refractivity contribution in [2.75, 3.05) is 19.0 Å². The van der Waals surface area contributed by atoms with E-state index in [4.69, 9.17) is 37.8 Å². The Labute approximate surface area is 184 Å². The third kappa shape index (κ3) is 6.12. The second kappa shape index (κ2) is 10.2. The van der Waals surface area contributed by atoms with Crippen molar-refractivity contribution in [2.45, 2.75) is 0 Å². The molecule has 1 amide bonds. The van der Waals surface area contributed by atoms with E-state index in [0.717, 1.165) is 0 Å². The summed E-state index contributed by atoms with van der Waals surface area (Å²) in [5.74, 6) is -1.36. The largest absolute Gasteiger partial charge is 0.493 e. The van der Waals surface area contributed by atoms with E-state index in [2.05, 4.69) is 21.2 Å².